The molecule has 0 aromatic heterocycles. The topological polar surface area (TPSA) is 121 Å². The molecule has 4 aliphatic rings. The van der Waals surface area contributed by atoms with Gasteiger partial charge in [-0.1, -0.05) is 48.0 Å². The molecule has 1 saturated carbocycles. The number of imide groups is 2. The van der Waals surface area contributed by atoms with Crippen LogP contribution in [0.2, 0.25) is 0 Å². The number of alkyl halides is 2. The van der Waals surface area contributed by atoms with Gasteiger partial charge in [-0.25, -0.2) is 0 Å². The first kappa shape index (κ1) is 30.2. The molecule has 6 atom stereocenters. The summed E-state index contributed by atoms with van der Waals surface area (Å²) in [4.78, 5) is 66.5. The molecule has 7 rings (SSSR count). The van der Waals surface area contributed by atoms with Gasteiger partial charge in [-0.05, 0) is 60.7 Å². The van der Waals surface area contributed by atoms with E-state index in [0.717, 1.165) is 9.80 Å². The predicted octanol–water partition coefficient (Wildman–Crippen LogP) is 4.83. The van der Waals surface area contributed by atoms with Crippen LogP contribution in [0.5, 0.6) is 11.5 Å². The molecule has 3 fully saturated rings. The number of benzene rings is 3. The van der Waals surface area contributed by atoms with Gasteiger partial charge in [0.1, 0.15) is 0 Å². The zero-order valence-electron chi connectivity index (χ0n) is 24.8. The maximum atomic E-state index is 14.2. The summed E-state index contributed by atoms with van der Waals surface area (Å²) in [6.45, 7) is 0. The molecule has 3 aromatic carbocycles. The number of hydrogen-bond donors (Lipinski definition) is 1. The molecular formula is C35H28Cl2N2O7. The van der Waals surface area contributed by atoms with Crippen LogP contribution in [0.3, 0.4) is 0 Å². The summed E-state index contributed by atoms with van der Waals surface area (Å²) >= 11 is 14.4. The lowest BCUT2D eigenvalue weighted by molar-refractivity contribution is -0.138. The number of ketones is 1. The number of nitrogens with zero attached hydrogens (tertiary/aromatic N) is 2. The zero-order valence-corrected chi connectivity index (χ0v) is 26.3. The van der Waals surface area contributed by atoms with Crippen molar-refractivity contribution >= 4 is 58.3 Å². The minimum absolute atomic E-state index is 0.143. The number of amides is 4. The number of carbonyl (C=O) groups is 5. The van der Waals surface area contributed by atoms with E-state index in [4.69, 9.17) is 27.9 Å². The van der Waals surface area contributed by atoms with Gasteiger partial charge in [0.25, 0.3) is 11.8 Å². The highest BCUT2D eigenvalue weighted by atomic mass is 35.5. The highest BCUT2D eigenvalue weighted by Gasteiger charge is 2.75. The van der Waals surface area contributed by atoms with Gasteiger partial charge in [0.05, 0.1) is 24.6 Å². The molecule has 1 N–H and O–H groups in total. The Kier molecular flexibility index (Phi) is 6.92. The number of halogens is 2. The van der Waals surface area contributed by atoms with Gasteiger partial charge >= 0.3 is 0 Å². The quantitative estimate of drug-likeness (QED) is 0.180. The van der Waals surface area contributed by atoms with Crippen LogP contribution in [0, 0.1) is 17.8 Å². The van der Waals surface area contributed by atoms with Crippen molar-refractivity contribution in [1.29, 1.82) is 0 Å². The minimum atomic E-state index is -1.96. The Hall–Kier alpha value is -4.47. The highest BCUT2D eigenvalue weighted by molar-refractivity contribution is 6.53. The fourth-order valence-corrected chi connectivity index (χ4v) is 8.80. The number of aromatic hydroxyl groups is 1. The first-order valence-corrected chi connectivity index (χ1v) is 15.5. The molecule has 234 valence electrons. The number of methoxy groups -OCH3 is 1. The van der Waals surface area contributed by atoms with Gasteiger partial charge in [-0.2, -0.15) is 0 Å². The van der Waals surface area contributed by atoms with Crippen LogP contribution in [0.1, 0.15) is 40.2 Å². The Morgan fingerprint density at radius 2 is 1.57 bits per heavy atom. The van der Waals surface area contributed by atoms with Gasteiger partial charge < -0.3 is 9.84 Å². The van der Waals surface area contributed by atoms with Crippen LogP contribution in [-0.4, -0.2) is 63.3 Å². The number of phenolic OH excluding ortho intramolecular Hbond substituents is 1. The van der Waals surface area contributed by atoms with Crippen LogP contribution in [0.15, 0.2) is 84.4 Å². The second-order valence-corrected chi connectivity index (χ2v) is 13.4. The number of hydrogen-bond acceptors (Lipinski definition) is 7. The van der Waals surface area contributed by atoms with E-state index in [1.165, 1.54) is 26.3 Å². The maximum Gasteiger partial charge on any atom is 0.253 e. The van der Waals surface area contributed by atoms with Crippen LogP contribution >= 0.6 is 23.2 Å². The van der Waals surface area contributed by atoms with Crippen molar-refractivity contribution < 1.29 is 33.8 Å². The molecule has 2 aliphatic heterocycles. The fraction of sp³-hybridized carbons (Fsp3) is 0.286. The number of rotatable bonds is 5. The van der Waals surface area contributed by atoms with E-state index in [9.17, 15) is 29.1 Å². The number of likely N-dealkylation sites (tertiary alicyclic amines) is 1. The highest BCUT2D eigenvalue weighted by Crippen LogP contribution is 2.65. The molecular weight excluding hydrogens is 631 g/mol. The minimum Gasteiger partial charge on any atom is -0.504 e. The Morgan fingerprint density at radius 1 is 0.891 bits per heavy atom. The smallest absolute Gasteiger partial charge is 0.253 e. The SMILES string of the molecule is COc1ccc([C@H]2C3=CC[C@@H]4C(=O)N(c5ccc(C(=O)c6ccccc6)cc5)C(=O)[C@@H]4[C@@H]3C[C@@]3(Cl)C(=O)N(C)C(=O)[C@@]23Cl)cc1O. The second kappa shape index (κ2) is 10.5. The number of phenols is 1. The number of carbonyl (C=O) groups excluding carboxylic acids is 5. The molecule has 0 unspecified atom stereocenters. The number of fused-ring (bicyclic) bond motifs is 4. The van der Waals surface area contributed by atoms with Gasteiger partial charge in [0, 0.05) is 24.1 Å². The Balaban J connectivity index is 1.28. The van der Waals surface area contributed by atoms with E-state index >= 15 is 0 Å². The van der Waals surface area contributed by atoms with Crippen molar-refractivity contribution in [3.05, 3.63) is 101 Å². The van der Waals surface area contributed by atoms with Gasteiger partial charge in [0.15, 0.2) is 27.0 Å². The summed E-state index contributed by atoms with van der Waals surface area (Å²) < 4.78 is 5.20. The molecule has 2 heterocycles. The van der Waals surface area contributed by atoms with E-state index in [1.54, 1.807) is 54.6 Å². The second-order valence-electron chi connectivity index (χ2n) is 12.2. The third kappa shape index (κ3) is 3.97. The van der Waals surface area contributed by atoms with Crippen LogP contribution < -0.4 is 9.64 Å². The molecule has 2 aliphatic carbocycles. The third-order valence-corrected chi connectivity index (χ3v) is 11.4. The Bertz CT molecular complexity index is 1880. The number of anilines is 1. The monoisotopic (exact) mass is 658 g/mol. The molecule has 0 bridgehead atoms. The Morgan fingerprint density at radius 3 is 2.22 bits per heavy atom. The van der Waals surface area contributed by atoms with Crippen LogP contribution in [0.4, 0.5) is 5.69 Å². The van der Waals surface area contributed by atoms with Crippen molar-refractivity contribution in [1.82, 2.24) is 4.90 Å². The fourth-order valence-electron chi connectivity index (χ4n) is 7.78. The molecule has 9 nitrogen and oxygen atoms in total. The summed E-state index contributed by atoms with van der Waals surface area (Å²) in [5.74, 6) is -5.74. The van der Waals surface area contributed by atoms with Gasteiger partial charge in [0.2, 0.25) is 11.8 Å². The molecule has 11 heteroatoms. The largest absolute Gasteiger partial charge is 0.504 e. The predicted molar refractivity (Wildman–Crippen MR) is 169 cm³/mol. The molecule has 46 heavy (non-hydrogen) atoms. The molecule has 0 radical (unpaired) electrons. The zero-order chi connectivity index (χ0) is 32.7. The van der Waals surface area contributed by atoms with Gasteiger partial charge in [-0.15, -0.1) is 23.2 Å². The standard InChI is InChI=1S/C35H28Cl2N2O7/c1-38-32(44)34(36)17-24-22(28(35(34,37)33(38)45)20-10-15-26(46-2)25(40)16-20)13-14-23-27(24)31(43)39(30(23)42)21-11-8-19(9-12-21)29(41)18-6-4-3-5-7-18/h3-13,15-16,23-24,27-28,40H,14,17H2,1-2H3/t23-,24+,27-,28-,34+,35-/m0/s1. The van der Waals surface area contributed by atoms with Crippen molar-refractivity contribution in [2.45, 2.75) is 28.5 Å². The summed E-state index contributed by atoms with van der Waals surface area (Å²) in [5, 5.41) is 10.7. The lowest BCUT2D eigenvalue weighted by atomic mass is 9.56. The molecule has 3 aromatic rings. The normalized spacial score (nSPS) is 30.1. The average Bonchev–Trinajstić information content (AvgIpc) is 3.39. The van der Waals surface area contributed by atoms with E-state index in [1.807, 2.05) is 12.1 Å². The first-order chi connectivity index (χ1) is 21.9. The van der Waals surface area contributed by atoms with E-state index in [-0.39, 0.29) is 30.1 Å². The molecule has 4 amide bonds. The van der Waals surface area contributed by atoms with Crippen molar-refractivity contribution in [3.8, 4) is 11.5 Å². The summed E-state index contributed by atoms with van der Waals surface area (Å²) in [5.41, 5.74) is 2.27. The first-order valence-electron chi connectivity index (χ1n) is 14.8. The summed E-state index contributed by atoms with van der Waals surface area (Å²) in [7, 11) is 2.72. The van der Waals surface area contributed by atoms with Crippen molar-refractivity contribution in [2.75, 3.05) is 19.1 Å². The van der Waals surface area contributed by atoms with E-state index in [2.05, 4.69) is 0 Å². The summed E-state index contributed by atoms with van der Waals surface area (Å²) in [6, 6.07) is 19.7. The lowest BCUT2D eigenvalue weighted by Gasteiger charge is -2.50. The van der Waals surface area contributed by atoms with Crippen molar-refractivity contribution in [3.63, 3.8) is 0 Å². The van der Waals surface area contributed by atoms with Crippen LogP contribution in [-0.2, 0) is 19.2 Å². The lowest BCUT2D eigenvalue weighted by Crippen LogP contribution is -2.60. The number of allylic oxidation sites excluding steroid dienone is 2. The third-order valence-electron chi connectivity index (χ3n) is 9.97. The summed E-state index contributed by atoms with van der Waals surface area (Å²) in [6.07, 6.45) is 1.88. The molecule has 2 saturated heterocycles. The van der Waals surface area contributed by atoms with Crippen LogP contribution in [0.25, 0.3) is 0 Å². The maximum absolute atomic E-state index is 14.2. The van der Waals surface area contributed by atoms with E-state index in [0.29, 0.717) is 28.0 Å². The Labute approximate surface area is 274 Å². The number of ether oxygens (including phenoxy) is 1. The molecule has 0 spiro atoms. The average molecular weight is 660 g/mol. The van der Waals surface area contributed by atoms with Gasteiger partial charge in [-0.3, -0.25) is 33.8 Å². The van der Waals surface area contributed by atoms with Crippen molar-refractivity contribution in [2.24, 2.45) is 17.8 Å². The van der Waals surface area contributed by atoms with E-state index < -0.39 is 57.0 Å².